The number of nitrogens with two attached hydrogens (primary N) is 1. The first-order valence-electron chi connectivity index (χ1n) is 11.8. The first kappa shape index (κ1) is 24.2. The summed E-state index contributed by atoms with van der Waals surface area (Å²) in [5.41, 5.74) is 7.35. The van der Waals surface area contributed by atoms with Crippen LogP contribution in [0.15, 0.2) is 36.8 Å². The highest BCUT2D eigenvalue weighted by molar-refractivity contribution is 5.96. The van der Waals surface area contributed by atoms with E-state index in [1.165, 1.54) is 6.20 Å². The molecule has 9 heteroatoms. The van der Waals surface area contributed by atoms with Crippen LogP contribution in [0, 0.1) is 28.6 Å². The third-order valence-electron chi connectivity index (χ3n) is 6.79. The normalized spacial score (nSPS) is 20.1. The number of nitriles is 1. The number of carbonyl (C=O) groups excluding carboxylic acids is 2. The van der Waals surface area contributed by atoms with Crippen LogP contribution in [0.1, 0.15) is 39.2 Å². The lowest BCUT2D eigenvalue weighted by Crippen LogP contribution is -2.55. The SMILES string of the molecule is CCOc1cc(-c2ccc(N3CCC(C=O)(C(N)=O)C(CC(C)C)C3)nc2)c2c(C#N)cnn2c1. The lowest BCUT2D eigenvalue weighted by atomic mass is 9.68. The number of primary amides is 1. The summed E-state index contributed by atoms with van der Waals surface area (Å²) >= 11 is 0. The van der Waals surface area contributed by atoms with E-state index >= 15 is 0 Å². The van der Waals surface area contributed by atoms with Crippen LogP contribution in [0.5, 0.6) is 5.75 Å². The molecule has 3 aromatic rings. The molecule has 1 aliphatic rings. The monoisotopic (exact) mass is 474 g/mol. The van der Waals surface area contributed by atoms with Crippen molar-refractivity contribution in [1.82, 2.24) is 14.6 Å². The fourth-order valence-electron chi connectivity index (χ4n) is 5.02. The number of hydrogen-bond donors (Lipinski definition) is 1. The molecule has 2 unspecified atom stereocenters. The van der Waals surface area contributed by atoms with Crippen molar-refractivity contribution in [3.8, 4) is 22.9 Å². The van der Waals surface area contributed by atoms with Crippen LogP contribution in [0.4, 0.5) is 5.82 Å². The maximum atomic E-state index is 12.3. The van der Waals surface area contributed by atoms with Gasteiger partial charge in [0, 0.05) is 30.4 Å². The zero-order valence-electron chi connectivity index (χ0n) is 20.3. The van der Waals surface area contributed by atoms with Crippen LogP contribution in [-0.4, -0.2) is 46.5 Å². The van der Waals surface area contributed by atoms with E-state index in [1.807, 2.05) is 25.1 Å². The number of aldehydes is 1. The number of rotatable bonds is 8. The number of anilines is 1. The largest absolute Gasteiger partial charge is 0.492 e. The van der Waals surface area contributed by atoms with Crippen LogP contribution >= 0.6 is 0 Å². The molecule has 4 heterocycles. The number of fused-ring (bicyclic) bond motifs is 1. The van der Waals surface area contributed by atoms with E-state index in [0.29, 0.717) is 48.9 Å². The van der Waals surface area contributed by atoms with Crippen LogP contribution in [0.3, 0.4) is 0 Å². The molecule has 182 valence electrons. The number of pyridine rings is 2. The van der Waals surface area contributed by atoms with Crippen LogP contribution < -0.4 is 15.4 Å². The van der Waals surface area contributed by atoms with Crippen LogP contribution in [-0.2, 0) is 9.59 Å². The van der Waals surface area contributed by atoms with Crippen molar-refractivity contribution in [3.63, 3.8) is 0 Å². The Morgan fingerprint density at radius 3 is 2.80 bits per heavy atom. The summed E-state index contributed by atoms with van der Waals surface area (Å²) in [6, 6.07) is 7.97. The minimum Gasteiger partial charge on any atom is -0.492 e. The highest BCUT2D eigenvalue weighted by atomic mass is 16.5. The van der Waals surface area contributed by atoms with Gasteiger partial charge in [-0.05, 0) is 49.8 Å². The number of aromatic nitrogens is 3. The third-order valence-corrected chi connectivity index (χ3v) is 6.79. The molecule has 0 aliphatic carbocycles. The van der Waals surface area contributed by atoms with Gasteiger partial charge in [-0.3, -0.25) is 4.79 Å². The number of amides is 1. The van der Waals surface area contributed by atoms with Gasteiger partial charge in [0.25, 0.3) is 0 Å². The van der Waals surface area contributed by atoms with Crippen molar-refractivity contribution in [3.05, 3.63) is 42.4 Å². The molecule has 4 rings (SSSR count). The number of hydrogen-bond acceptors (Lipinski definition) is 7. The van der Waals surface area contributed by atoms with Gasteiger partial charge in [-0.1, -0.05) is 13.8 Å². The topological polar surface area (TPSA) is 127 Å². The fraction of sp³-hybridized carbons (Fsp3) is 0.423. The molecule has 0 bridgehead atoms. The van der Waals surface area contributed by atoms with E-state index in [-0.39, 0.29) is 5.92 Å². The Morgan fingerprint density at radius 1 is 1.40 bits per heavy atom. The molecular weight excluding hydrogens is 444 g/mol. The molecule has 0 saturated carbocycles. The second-order valence-electron chi connectivity index (χ2n) is 9.44. The van der Waals surface area contributed by atoms with Crippen molar-refractivity contribution in [2.24, 2.45) is 23.0 Å². The number of nitrogens with zero attached hydrogens (tertiary/aromatic N) is 5. The third kappa shape index (κ3) is 4.44. The Hall–Kier alpha value is -3.93. The van der Waals surface area contributed by atoms with Gasteiger partial charge in [-0.2, -0.15) is 10.4 Å². The molecule has 0 spiro atoms. The van der Waals surface area contributed by atoms with E-state index < -0.39 is 11.3 Å². The van der Waals surface area contributed by atoms with Gasteiger partial charge in [-0.15, -0.1) is 0 Å². The zero-order chi connectivity index (χ0) is 25.2. The van der Waals surface area contributed by atoms with Gasteiger partial charge < -0.3 is 20.2 Å². The highest BCUT2D eigenvalue weighted by Crippen LogP contribution is 2.40. The number of ether oxygens (including phenoxy) is 1. The average Bonchev–Trinajstić information content (AvgIpc) is 3.26. The van der Waals surface area contributed by atoms with Crippen LogP contribution in [0.2, 0.25) is 0 Å². The van der Waals surface area contributed by atoms with Gasteiger partial charge in [0.2, 0.25) is 5.91 Å². The van der Waals surface area contributed by atoms with Crippen LogP contribution in [0.25, 0.3) is 16.6 Å². The Balaban J connectivity index is 1.67. The van der Waals surface area contributed by atoms with E-state index in [2.05, 4.69) is 29.9 Å². The maximum Gasteiger partial charge on any atom is 0.231 e. The van der Waals surface area contributed by atoms with Gasteiger partial charge in [0.1, 0.15) is 29.3 Å². The van der Waals surface area contributed by atoms with Crippen molar-refractivity contribution in [2.45, 2.75) is 33.6 Å². The summed E-state index contributed by atoms with van der Waals surface area (Å²) in [5.74, 6) is 1.00. The first-order valence-corrected chi connectivity index (χ1v) is 11.8. The van der Waals surface area contributed by atoms with Crippen molar-refractivity contribution >= 4 is 23.5 Å². The lowest BCUT2D eigenvalue weighted by molar-refractivity contribution is -0.139. The van der Waals surface area contributed by atoms with Crippen molar-refractivity contribution in [1.29, 1.82) is 5.26 Å². The molecule has 1 aliphatic heterocycles. The quantitative estimate of drug-likeness (QED) is 0.392. The summed E-state index contributed by atoms with van der Waals surface area (Å²) in [6.45, 7) is 7.60. The van der Waals surface area contributed by atoms with Gasteiger partial charge in [-0.25, -0.2) is 9.50 Å². The minimum absolute atomic E-state index is 0.180. The Morgan fingerprint density at radius 2 is 2.20 bits per heavy atom. The Kier molecular flexibility index (Phi) is 6.74. The minimum atomic E-state index is -1.14. The van der Waals surface area contributed by atoms with Crippen molar-refractivity contribution in [2.75, 3.05) is 24.6 Å². The van der Waals surface area contributed by atoms with E-state index in [4.69, 9.17) is 15.5 Å². The molecule has 9 nitrogen and oxygen atoms in total. The van der Waals surface area contributed by atoms with Gasteiger partial charge >= 0.3 is 0 Å². The predicted octanol–water partition coefficient (Wildman–Crippen LogP) is 3.21. The Labute approximate surface area is 204 Å². The molecule has 35 heavy (non-hydrogen) atoms. The standard InChI is InChI=1S/C26H30N6O3/c1-4-35-21-10-22(24-19(11-27)13-30-32(24)15-21)18-5-6-23(29-12-18)31-8-7-26(16-33,25(28)34)20(14-31)9-17(2)3/h5-6,10,12-13,15-17,20H,4,7-9,14H2,1-3H3,(H2,28,34). The van der Waals surface area contributed by atoms with E-state index in [0.717, 1.165) is 29.7 Å². The molecule has 1 saturated heterocycles. The lowest BCUT2D eigenvalue weighted by Gasteiger charge is -2.44. The second kappa shape index (κ2) is 9.74. The fourth-order valence-corrected chi connectivity index (χ4v) is 5.02. The molecule has 1 fully saturated rings. The van der Waals surface area contributed by atoms with Crippen molar-refractivity contribution < 1.29 is 14.3 Å². The highest BCUT2D eigenvalue weighted by Gasteiger charge is 2.48. The van der Waals surface area contributed by atoms with E-state index in [1.54, 1.807) is 16.9 Å². The molecule has 0 aromatic carbocycles. The summed E-state index contributed by atoms with van der Waals surface area (Å²) in [5, 5.41) is 13.9. The average molecular weight is 475 g/mol. The maximum absolute atomic E-state index is 12.3. The zero-order valence-corrected chi connectivity index (χ0v) is 20.3. The number of piperidine rings is 1. The second-order valence-corrected chi connectivity index (χ2v) is 9.44. The van der Waals surface area contributed by atoms with E-state index in [9.17, 15) is 14.9 Å². The molecule has 1 amide bonds. The molecule has 2 N–H and O–H groups in total. The first-order chi connectivity index (χ1) is 16.8. The summed E-state index contributed by atoms with van der Waals surface area (Å²) in [7, 11) is 0. The molecule has 2 atom stereocenters. The summed E-state index contributed by atoms with van der Waals surface area (Å²) in [4.78, 5) is 31.1. The summed E-state index contributed by atoms with van der Waals surface area (Å²) < 4.78 is 7.34. The smallest absolute Gasteiger partial charge is 0.231 e. The molecule has 0 radical (unpaired) electrons. The number of carbonyl (C=O) groups is 2. The van der Waals surface area contributed by atoms with Gasteiger partial charge in [0.15, 0.2) is 0 Å². The van der Waals surface area contributed by atoms with Gasteiger partial charge in [0.05, 0.1) is 30.1 Å². The predicted molar refractivity (Wildman–Crippen MR) is 132 cm³/mol. The summed E-state index contributed by atoms with van der Waals surface area (Å²) in [6.07, 6.45) is 6.90. The molecule has 3 aromatic heterocycles. The Bertz CT molecular complexity index is 1280. The molecular formula is C26H30N6O3.